The smallest absolute Gasteiger partial charge is 0.252 e. The predicted molar refractivity (Wildman–Crippen MR) is 416 cm³/mol. The molecule has 0 saturated heterocycles. The molecule has 9 heteroatoms. The second-order valence-corrected chi connectivity index (χ2v) is 26.9. The van der Waals surface area contributed by atoms with Gasteiger partial charge in [-0.15, -0.1) is 0 Å². The number of fused-ring (bicyclic) bond motifs is 8. The largest absolute Gasteiger partial charge is 0.311 e. The van der Waals surface area contributed by atoms with Gasteiger partial charge in [0.25, 0.3) is 6.71 Å². The van der Waals surface area contributed by atoms with Crippen molar-refractivity contribution in [3.8, 4) is 22.3 Å². The summed E-state index contributed by atoms with van der Waals surface area (Å²) in [5, 5.41) is 0. The van der Waals surface area contributed by atoms with Crippen LogP contribution in [0.2, 0.25) is 0 Å². The number of hydrogen-bond acceptors (Lipinski definition) is 6. The topological polar surface area (TPSA) is 16.2 Å². The fourth-order valence-electron chi connectivity index (χ4n) is 16.2. The summed E-state index contributed by atoms with van der Waals surface area (Å²) in [5.41, 5.74) is 28.3. The zero-order valence-corrected chi connectivity index (χ0v) is 54.9. The van der Waals surface area contributed by atoms with E-state index in [-0.39, 0.29) is 19.2 Å². The first kappa shape index (κ1) is 58.3. The van der Waals surface area contributed by atoms with E-state index >= 15 is 4.39 Å². The summed E-state index contributed by atoms with van der Waals surface area (Å²) in [5.74, 6) is -0.319. The Kier molecular flexibility index (Phi) is 14.3. The van der Waals surface area contributed by atoms with Gasteiger partial charge < -0.3 is 24.5 Å². The van der Waals surface area contributed by atoms with Crippen LogP contribution in [0.3, 0.4) is 0 Å². The van der Waals surface area contributed by atoms with Crippen LogP contribution in [0, 0.1) is 5.82 Å². The Labute approximate surface area is 582 Å². The molecule has 99 heavy (non-hydrogen) atoms. The zero-order chi connectivity index (χ0) is 65.5. The number of benzene rings is 14. The second-order valence-electron chi connectivity index (χ2n) is 25.9. The molecule has 5 nitrogen and oxygen atoms in total. The lowest BCUT2D eigenvalue weighted by Crippen LogP contribution is -2.64. The fraction of sp³-hybridized carbons (Fsp3) is 0.0222. The van der Waals surface area contributed by atoms with Gasteiger partial charge in [-0.25, -0.2) is 4.39 Å². The van der Waals surface area contributed by atoms with Crippen molar-refractivity contribution in [1.29, 1.82) is 0 Å². The monoisotopic (exact) mass is 1290 g/mol. The number of halogens is 1. The molecule has 4 aliphatic heterocycles. The third-order valence-electron chi connectivity index (χ3n) is 20.3. The lowest BCUT2D eigenvalue weighted by atomic mass is 9.31. The molecule has 14 aromatic carbocycles. The van der Waals surface area contributed by atoms with Gasteiger partial charge in [-0.1, -0.05) is 266 Å². The summed E-state index contributed by atoms with van der Waals surface area (Å²) in [7, 11) is 0. The Bertz CT molecular complexity index is 5490. The highest BCUT2D eigenvalue weighted by Crippen LogP contribution is 2.54. The van der Waals surface area contributed by atoms with Crippen LogP contribution in [0.5, 0.6) is 0 Å². The maximum Gasteiger partial charge on any atom is 0.252 e. The van der Waals surface area contributed by atoms with Crippen molar-refractivity contribution in [3.05, 3.63) is 369 Å². The third kappa shape index (κ3) is 9.70. The van der Waals surface area contributed by atoms with Gasteiger partial charge >= 0.3 is 0 Å². The van der Waals surface area contributed by atoms with E-state index < -0.39 is 0 Å². The summed E-state index contributed by atoms with van der Waals surface area (Å²) < 4.78 is 18.8. The molecule has 0 atom stereocenters. The van der Waals surface area contributed by atoms with Crippen molar-refractivity contribution in [2.75, 3.05) is 24.5 Å². The zero-order valence-electron chi connectivity index (χ0n) is 54.1. The third-order valence-corrected chi connectivity index (χ3v) is 21.4. The SMILES string of the molecule is Fc1cccc(-c2ccccc2)c1N1c2cc3c(cc2B2c4ccccc4N(c4ccccc4-c4ccccc4)c4cc(N(C5=CCCC=C5c5ccccc5)c5ccccc5)cc1c42)B1c2ccccc2N(c2ccccc2)c2cc(N(c4ccccc4)c4ccccc4)cc(c21)S3. The molecule has 466 valence electrons. The van der Waals surface area contributed by atoms with Crippen molar-refractivity contribution >= 4 is 143 Å². The highest BCUT2D eigenvalue weighted by atomic mass is 32.2. The van der Waals surface area contributed by atoms with Crippen LogP contribution >= 0.6 is 11.8 Å². The van der Waals surface area contributed by atoms with E-state index in [0.717, 1.165) is 147 Å². The first-order chi connectivity index (χ1) is 49.1. The summed E-state index contributed by atoms with van der Waals surface area (Å²) >= 11 is 1.83. The number of para-hydroxylation sites is 8. The first-order valence-corrected chi connectivity index (χ1v) is 35.0. The molecule has 19 rings (SSSR count). The quantitative estimate of drug-likeness (QED) is 0.113. The average molecular weight is 1290 g/mol. The van der Waals surface area contributed by atoms with Gasteiger partial charge in [-0.05, 0) is 160 Å². The van der Waals surface area contributed by atoms with Crippen LogP contribution in [0.15, 0.2) is 367 Å². The van der Waals surface area contributed by atoms with Crippen LogP contribution in [-0.2, 0) is 0 Å². The molecule has 0 radical (unpaired) electrons. The van der Waals surface area contributed by atoms with Gasteiger partial charge in [-0.3, -0.25) is 0 Å². The number of nitrogens with zero attached hydrogens (tertiary/aromatic N) is 5. The van der Waals surface area contributed by atoms with Crippen molar-refractivity contribution in [2.45, 2.75) is 22.6 Å². The maximum atomic E-state index is 18.8. The Balaban J connectivity index is 0.927. The summed E-state index contributed by atoms with van der Waals surface area (Å²) in [6.07, 6.45) is 6.61. The number of anilines is 14. The van der Waals surface area contributed by atoms with Gasteiger partial charge in [0.2, 0.25) is 6.71 Å². The average Bonchev–Trinajstić information content (AvgIpc) is 0.684. The van der Waals surface area contributed by atoms with Gasteiger partial charge in [-0.2, -0.15) is 0 Å². The molecule has 0 saturated carbocycles. The van der Waals surface area contributed by atoms with Crippen LogP contribution in [0.1, 0.15) is 18.4 Å². The van der Waals surface area contributed by atoms with Crippen LogP contribution in [0.4, 0.5) is 84.0 Å². The van der Waals surface area contributed by atoms with E-state index in [9.17, 15) is 0 Å². The van der Waals surface area contributed by atoms with E-state index in [1.165, 1.54) is 21.9 Å². The number of allylic oxidation sites excluding steroid dienone is 3. The molecule has 0 aromatic heterocycles. The van der Waals surface area contributed by atoms with Crippen LogP contribution < -0.4 is 57.3 Å². The highest BCUT2D eigenvalue weighted by molar-refractivity contribution is 8.00. The second kappa shape index (κ2) is 24.3. The lowest BCUT2D eigenvalue weighted by Gasteiger charge is -2.46. The molecule has 4 heterocycles. The van der Waals surface area contributed by atoms with E-state index in [0.29, 0.717) is 5.69 Å². The van der Waals surface area contributed by atoms with Gasteiger partial charge in [0.05, 0.1) is 17.1 Å². The minimum atomic E-state index is -0.319. The molecule has 14 aromatic rings. The normalized spacial score (nSPS) is 13.6. The van der Waals surface area contributed by atoms with E-state index in [2.05, 4.69) is 358 Å². The lowest BCUT2D eigenvalue weighted by molar-refractivity contribution is 0.629. The molecule has 0 amide bonds. The van der Waals surface area contributed by atoms with Gasteiger partial charge in [0.15, 0.2) is 0 Å². The Morgan fingerprint density at radius 3 is 1.39 bits per heavy atom. The van der Waals surface area contributed by atoms with E-state index in [1.807, 2.05) is 23.9 Å². The van der Waals surface area contributed by atoms with Crippen molar-refractivity contribution < 1.29 is 4.39 Å². The Morgan fingerprint density at radius 2 is 0.768 bits per heavy atom. The highest BCUT2D eigenvalue weighted by Gasteiger charge is 2.49. The van der Waals surface area contributed by atoms with Crippen molar-refractivity contribution in [3.63, 3.8) is 0 Å². The number of rotatable bonds is 12. The standard InChI is InChI=1S/C90H62B2FN5S/c93-77-50-30-47-72(63-35-12-3-13-36-63)90(77)98-82-60-86-76(92-73-48-24-28-53-80(73)96(67-43-20-7-21-44-67)85-57-69(58-87(99-86)89(85)92)94(64-37-14-4-15-38-64)65-39-16-5-17-40-65)59-75(82)91-74-49-25-29-54-81(74)97(79-52-27-23-46-71(79)62-33-10-2-11-34-62)83-55-68(56-84(98)88(83)91)95(66-41-18-6-19-42-66)78-51-26-22-45-70(78)61-31-8-1-9-32-61/h1-21,23-25,27-60H,22,26H2. The van der Waals surface area contributed by atoms with E-state index in [1.54, 1.807) is 6.07 Å². The maximum absolute atomic E-state index is 18.8. The molecule has 1 aliphatic carbocycles. The van der Waals surface area contributed by atoms with Crippen molar-refractivity contribution in [1.82, 2.24) is 0 Å². The summed E-state index contributed by atoms with van der Waals surface area (Å²) in [6.45, 7) is -0.502. The summed E-state index contributed by atoms with van der Waals surface area (Å²) in [6, 6.07) is 122. The molecular formula is C90H62B2FN5S. The molecule has 5 aliphatic rings. The predicted octanol–water partition coefficient (Wildman–Crippen LogP) is 20.4. The van der Waals surface area contributed by atoms with E-state index in [4.69, 9.17) is 0 Å². The molecule has 0 fully saturated rings. The molecule has 0 unspecified atom stereocenters. The minimum Gasteiger partial charge on any atom is -0.311 e. The fourth-order valence-corrected chi connectivity index (χ4v) is 17.4. The molecular weight excluding hydrogens is 1220 g/mol. The molecule has 0 spiro atoms. The molecule has 0 N–H and O–H groups in total. The Morgan fingerprint density at radius 1 is 0.303 bits per heavy atom. The number of hydrogen-bond donors (Lipinski definition) is 0. The minimum absolute atomic E-state index is 0.183. The molecule has 0 bridgehead atoms. The van der Waals surface area contributed by atoms with Crippen LogP contribution in [-0.4, -0.2) is 13.4 Å². The van der Waals surface area contributed by atoms with Crippen LogP contribution in [0.25, 0.3) is 27.8 Å². The Hall–Kier alpha value is -12.0. The summed E-state index contributed by atoms with van der Waals surface area (Å²) in [4.78, 5) is 14.4. The first-order valence-electron chi connectivity index (χ1n) is 34.1. The van der Waals surface area contributed by atoms with Crippen molar-refractivity contribution in [2.24, 2.45) is 0 Å². The van der Waals surface area contributed by atoms with Gasteiger partial charge in [0, 0.05) is 94.7 Å². The van der Waals surface area contributed by atoms with Gasteiger partial charge in [0.1, 0.15) is 5.82 Å².